The Kier molecular flexibility index (Phi) is 2.79. The number of fused-ring (bicyclic) bond motifs is 1. The number of pyridine rings is 1. The van der Waals surface area contributed by atoms with Gasteiger partial charge in [0.25, 0.3) is 0 Å². The van der Waals surface area contributed by atoms with Crippen LogP contribution in [-0.4, -0.2) is 25.8 Å². The minimum absolute atomic E-state index is 0.0783. The van der Waals surface area contributed by atoms with E-state index in [9.17, 15) is 4.79 Å². The number of carbonyl (C=O) groups excluding carboxylic acids is 1. The third-order valence-corrected chi connectivity index (χ3v) is 3.04. The maximum absolute atomic E-state index is 12.6. The molecule has 0 radical (unpaired) electrons. The number of aromatic nitrogens is 4. The maximum Gasteiger partial charge on any atom is 0.213 e. The molecular formula is C14H12N4O. The van der Waals surface area contributed by atoms with Crippen molar-refractivity contribution in [2.45, 2.75) is 13.5 Å². The average molecular weight is 252 g/mol. The molecule has 19 heavy (non-hydrogen) atoms. The Balaban J connectivity index is 2.17. The Labute approximate surface area is 109 Å². The van der Waals surface area contributed by atoms with Gasteiger partial charge in [0.15, 0.2) is 0 Å². The van der Waals surface area contributed by atoms with Crippen molar-refractivity contribution in [1.82, 2.24) is 20.0 Å². The van der Waals surface area contributed by atoms with E-state index in [1.807, 2.05) is 31.2 Å². The predicted molar refractivity (Wildman–Crippen MR) is 70.9 cm³/mol. The van der Waals surface area contributed by atoms with E-state index in [2.05, 4.69) is 15.3 Å². The summed E-state index contributed by atoms with van der Waals surface area (Å²) in [6.45, 7) is 2.54. The van der Waals surface area contributed by atoms with Crippen molar-refractivity contribution in [3.05, 3.63) is 54.0 Å². The smallest absolute Gasteiger partial charge is 0.213 e. The molecule has 0 atom stereocenters. The van der Waals surface area contributed by atoms with Crippen LogP contribution in [0, 0.1) is 0 Å². The molecule has 2 heterocycles. The molecule has 3 rings (SSSR count). The first-order valence-corrected chi connectivity index (χ1v) is 6.08. The Hall–Kier alpha value is -2.56. The molecule has 1 aromatic carbocycles. The van der Waals surface area contributed by atoms with Crippen LogP contribution in [0.5, 0.6) is 0 Å². The fourth-order valence-corrected chi connectivity index (χ4v) is 2.11. The molecule has 2 aromatic heterocycles. The second-order valence-corrected chi connectivity index (χ2v) is 4.14. The molecule has 3 aromatic rings. The van der Waals surface area contributed by atoms with Crippen LogP contribution in [0.1, 0.15) is 23.0 Å². The molecule has 0 saturated heterocycles. The second kappa shape index (κ2) is 4.61. The summed E-state index contributed by atoms with van der Waals surface area (Å²) in [4.78, 5) is 16.8. The van der Waals surface area contributed by atoms with Crippen LogP contribution >= 0.6 is 0 Å². The fourth-order valence-electron chi connectivity index (χ4n) is 2.11. The van der Waals surface area contributed by atoms with Crippen LogP contribution in [0.2, 0.25) is 0 Å². The first-order valence-electron chi connectivity index (χ1n) is 6.08. The van der Waals surface area contributed by atoms with Gasteiger partial charge in [-0.2, -0.15) is 0 Å². The van der Waals surface area contributed by atoms with E-state index in [1.165, 1.54) is 6.20 Å². The molecule has 0 aliphatic heterocycles. The number of rotatable bonds is 3. The Morgan fingerprint density at radius 2 is 2.16 bits per heavy atom. The number of aryl methyl sites for hydroxylation is 1. The zero-order chi connectivity index (χ0) is 13.2. The van der Waals surface area contributed by atoms with Crippen LogP contribution < -0.4 is 0 Å². The van der Waals surface area contributed by atoms with Gasteiger partial charge in [-0.1, -0.05) is 23.4 Å². The van der Waals surface area contributed by atoms with Gasteiger partial charge in [0.2, 0.25) is 5.78 Å². The van der Waals surface area contributed by atoms with Crippen molar-refractivity contribution in [2.24, 2.45) is 0 Å². The van der Waals surface area contributed by atoms with Gasteiger partial charge in [0.05, 0.1) is 11.7 Å². The predicted octanol–water partition coefficient (Wildman–Crippen LogP) is 2.08. The summed E-state index contributed by atoms with van der Waals surface area (Å²) in [6, 6.07) is 9.26. The van der Waals surface area contributed by atoms with Gasteiger partial charge in [-0.15, -0.1) is 5.10 Å². The number of ketones is 1. The molecule has 5 heteroatoms. The number of benzene rings is 1. The fraction of sp³-hybridized carbons (Fsp3) is 0.143. The van der Waals surface area contributed by atoms with E-state index in [1.54, 1.807) is 16.9 Å². The molecule has 0 saturated carbocycles. The lowest BCUT2D eigenvalue weighted by Gasteiger charge is -2.05. The number of hydrogen-bond acceptors (Lipinski definition) is 4. The molecule has 0 aliphatic carbocycles. The topological polar surface area (TPSA) is 60.7 Å². The minimum atomic E-state index is -0.0783. The van der Waals surface area contributed by atoms with Crippen LogP contribution in [0.15, 0.2) is 42.7 Å². The van der Waals surface area contributed by atoms with E-state index in [-0.39, 0.29) is 5.78 Å². The number of hydrogen-bond donors (Lipinski definition) is 0. The van der Waals surface area contributed by atoms with Gasteiger partial charge in [0.1, 0.15) is 5.69 Å². The molecule has 0 N–H and O–H groups in total. The third-order valence-electron chi connectivity index (χ3n) is 3.04. The molecule has 0 amide bonds. The van der Waals surface area contributed by atoms with Crippen molar-refractivity contribution < 1.29 is 4.79 Å². The minimum Gasteiger partial charge on any atom is -0.287 e. The standard InChI is InChI=1S/C14H12N4O/c1-2-18-13(9-16-17-18)14(19)11-5-3-7-12-10(11)6-4-8-15-12/h3-9H,2H2,1H3. The molecule has 0 bridgehead atoms. The van der Waals surface area contributed by atoms with E-state index >= 15 is 0 Å². The Morgan fingerprint density at radius 3 is 3.00 bits per heavy atom. The zero-order valence-electron chi connectivity index (χ0n) is 10.4. The summed E-state index contributed by atoms with van der Waals surface area (Å²) < 4.78 is 1.59. The highest BCUT2D eigenvalue weighted by molar-refractivity contribution is 6.15. The molecule has 0 aliphatic rings. The van der Waals surface area contributed by atoms with Gasteiger partial charge in [0, 0.05) is 23.7 Å². The SMILES string of the molecule is CCn1nncc1C(=O)c1cccc2ncccc12. The lowest BCUT2D eigenvalue weighted by molar-refractivity contribution is 0.103. The van der Waals surface area contributed by atoms with Gasteiger partial charge < -0.3 is 0 Å². The second-order valence-electron chi connectivity index (χ2n) is 4.14. The average Bonchev–Trinajstić information content (AvgIpc) is 2.94. The number of nitrogens with zero attached hydrogens (tertiary/aromatic N) is 4. The third kappa shape index (κ3) is 1.89. The molecule has 0 unspecified atom stereocenters. The molecule has 0 fully saturated rings. The summed E-state index contributed by atoms with van der Waals surface area (Å²) in [5, 5.41) is 8.53. The van der Waals surface area contributed by atoms with Gasteiger partial charge in [-0.05, 0) is 19.1 Å². The Morgan fingerprint density at radius 1 is 1.26 bits per heavy atom. The zero-order valence-corrected chi connectivity index (χ0v) is 10.4. The van der Waals surface area contributed by atoms with Crippen LogP contribution in [0.4, 0.5) is 0 Å². The lowest BCUT2D eigenvalue weighted by atomic mass is 10.0. The largest absolute Gasteiger partial charge is 0.287 e. The summed E-state index contributed by atoms with van der Waals surface area (Å²) >= 11 is 0. The first-order chi connectivity index (χ1) is 9.31. The van der Waals surface area contributed by atoms with Gasteiger partial charge >= 0.3 is 0 Å². The van der Waals surface area contributed by atoms with Crippen molar-refractivity contribution in [1.29, 1.82) is 0 Å². The summed E-state index contributed by atoms with van der Waals surface area (Å²) in [5.41, 5.74) is 1.94. The molecule has 0 spiro atoms. The maximum atomic E-state index is 12.6. The molecule has 5 nitrogen and oxygen atoms in total. The first kappa shape index (κ1) is 11.5. The highest BCUT2D eigenvalue weighted by Gasteiger charge is 2.17. The summed E-state index contributed by atoms with van der Waals surface area (Å²) in [5.74, 6) is -0.0783. The normalized spacial score (nSPS) is 10.8. The molecular weight excluding hydrogens is 240 g/mol. The highest BCUT2D eigenvalue weighted by Crippen LogP contribution is 2.19. The Bertz CT molecular complexity index is 743. The van der Waals surface area contributed by atoms with E-state index in [4.69, 9.17) is 0 Å². The summed E-state index contributed by atoms with van der Waals surface area (Å²) in [6.07, 6.45) is 3.22. The van der Waals surface area contributed by atoms with Crippen molar-refractivity contribution >= 4 is 16.7 Å². The quantitative estimate of drug-likeness (QED) is 0.669. The summed E-state index contributed by atoms with van der Waals surface area (Å²) in [7, 11) is 0. The van der Waals surface area contributed by atoms with Crippen LogP contribution in [0.25, 0.3) is 10.9 Å². The lowest BCUT2D eigenvalue weighted by Crippen LogP contribution is -2.11. The van der Waals surface area contributed by atoms with Gasteiger partial charge in [-0.3, -0.25) is 9.78 Å². The van der Waals surface area contributed by atoms with Gasteiger partial charge in [-0.25, -0.2) is 4.68 Å². The van der Waals surface area contributed by atoms with E-state index in [0.29, 0.717) is 17.8 Å². The van der Waals surface area contributed by atoms with E-state index < -0.39 is 0 Å². The van der Waals surface area contributed by atoms with E-state index in [0.717, 1.165) is 10.9 Å². The van der Waals surface area contributed by atoms with Crippen LogP contribution in [-0.2, 0) is 6.54 Å². The molecule has 94 valence electrons. The van der Waals surface area contributed by atoms with Crippen molar-refractivity contribution in [3.63, 3.8) is 0 Å². The van der Waals surface area contributed by atoms with Crippen molar-refractivity contribution in [3.8, 4) is 0 Å². The van der Waals surface area contributed by atoms with Crippen molar-refractivity contribution in [2.75, 3.05) is 0 Å². The highest BCUT2D eigenvalue weighted by atomic mass is 16.1. The number of carbonyl (C=O) groups is 1. The monoisotopic (exact) mass is 252 g/mol. The van der Waals surface area contributed by atoms with Crippen LogP contribution in [0.3, 0.4) is 0 Å².